The number of morpholine rings is 1. The van der Waals surface area contributed by atoms with Crippen LogP contribution in [0.2, 0.25) is 0 Å². The molecule has 2 heterocycles. The van der Waals surface area contributed by atoms with Crippen molar-refractivity contribution in [1.82, 2.24) is 15.5 Å². The summed E-state index contributed by atoms with van der Waals surface area (Å²) in [7, 11) is 0. The van der Waals surface area contributed by atoms with Gasteiger partial charge in [0.05, 0.1) is 26.1 Å². The Labute approximate surface area is 193 Å². The Kier molecular flexibility index (Phi) is 15.3. The molecule has 168 valence electrons. The standard InChI is InChI=1S/C21H38N4O3.HI/c1-19(2)7-15-26-16-10-24-21(23-9-6-20-5-3-14-28-20)22-8-4-11-25-12-17-27-18-13-25;/h3,5,14,19H,4,6-13,15-18H2,1-2H3,(H2,22,23,24);1H. The molecule has 1 aliphatic rings. The lowest BCUT2D eigenvalue weighted by Crippen LogP contribution is -2.40. The molecule has 8 heteroatoms. The van der Waals surface area contributed by atoms with E-state index in [1.807, 2.05) is 12.1 Å². The fraction of sp³-hybridized carbons (Fsp3) is 0.762. The number of furan rings is 1. The van der Waals surface area contributed by atoms with Crippen LogP contribution in [0.1, 0.15) is 32.4 Å². The summed E-state index contributed by atoms with van der Waals surface area (Å²) in [6.07, 6.45) is 4.70. The lowest BCUT2D eigenvalue weighted by Gasteiger charge is -2.26. The van der Waals surface area contributed by atoms with Crippen LogP contribution in [-0.4, -0.2) is 76.6 Å². The lowest BCUT2D eigenvalue weighted by molar-refractivity contribution is 0.0377. The van der Waals surface area contributed by atoms with Gasteiger partial charge in [-0.05, 0) is 30.9 Å². The number of aliphatic imine (C=N–C) groups is 1. The largest absolute Gasteiger partial charge is 0.469 e. The molecule has 0 atom stereocenters. The van der Waals surface area contributed by atoms with Gasteiger partial charge in [0.15, 0.2) is 5.96 Å². The number of hydrogen-bond donors (Lipinski definition) is 2. The average molecular weight is 522 g/mol. The van der Waals surface area contributed by atoms with Crippen LogP contribution >= 0.6 is 24.0 Å². The zero-order valence-corrected chi connectivity index (χ0v) is 20.4. The maximum absolute atomic E-state index is 5.68. The van der Waals surface area contributed by atoms with Gasteiger partial charge in [-0.1, -0.05) is 13.8 Å². The van der Waals surface area contributed by atoms with Crippen molar-refractivity contribution in [2.24, 2.45) is 10.9 Å². The van der Waals surface area contributed by atoms with Crippen LogP contribution in [0.4, 0.5) is 0 Å². The fourth-order valence-corrected chi connectivity index (χ4v) is 2.91. The molecular weight excluding hydrogens is 483 g/mol. The average Bonchev–Trinajstić information content (AvgIpc) is 3.21. The van der Waals surface area contributed by atoms with Gasteiger partial charge in [-0.2, -0.15) is 0 Å². The van der Waals surface area contributed by atoms with Gasteiger partial charge < -0.3 is 24.5 Å². The zero-order valence-electron chi connectivity index (χ0n) is 18.0. The van der Waals surface area contributed by atoms with Crippen molar-refractivity contribution in [3.05, 3.63) is 24.2 Å². The molecule has 1 aromatic heterocycles. The van der Waals surface area contributed by atoms with Gasteiger partial charge in [-0.3, -0.25) is 9.89 Å². The van der Waals surface area contributed by atoms with Gasteiger partial charge in [0.2, 0.25) is 0 Å². The number of ether oxygens (including phenoxy) is 2. The molecule has 1 fully saturated rings. The van der Waals surface area contributed by atoms with E-state index >= 15 is 0 Å². The molecule has 2 rings (SSSR count). The summed E-state index contributed by atoms with van der Waals surface area (Å²) in [6.45, 7) is 13.1. The summed E-state index contributed by atoms with van der Waals surface area (Å²) in [6, 6.07) is 3.92. The molecule has 0 bridgehead atoms. The van der Waals surface area contributed by atoms with Crippen molar-refractivity contribution in [2.45, 2.75) is 33.1 Å². The second kappa shape index (κ2) is 16.9. The third kappa shape index (κ3) is 13.1. The molecule has 2 N–H and O–H groups in total. The highest BCUT2D eigenvalue weighted by molar-refractivity contribution is 14.0. The van der Waals surface area contributed by atoms with Crippen LogP contribution in [0.5, 0.6) is 0 Å². The minimum atomic E-state index is 0. The van der Waals surface area contributed by atoms with E-state index in [9.17, 15) is 0 Å². The van der Waals surface area contributed by atoms with Crippen LogP contribution in [-0.2, 0) is 15.9 Å². The summed E-state index contributed by atoms with van der Waals surface area (Å²) in [5, 5.41) is 6.77. The fourth-order valence-electron chi connectivity index (χ4n) is 2.91. The number of rotatable bonds is 13. The molecule has 29 heavy (non-hydrogen) atoms. The van der Waals surface area contributed by atoms with E-state index in [2.05, 4.69) is 29.4 Å². The quantitative estimate of drug-likeness (QED) is 0.180. The molecule has 0 unspecified atom stereocenters. The number of nitrogens with one attached hydrogen (secondary N) is 2. The zero-order chi connectivity index (χ0) is 19.9. The van der Waals surface area contributed by atoms with Crippen LogP contribution in [0, 0.1) is 5.92 Å². The van der Waals surface area contributed by atoms with Crippen molar-refractivity contribution in [2.75, 3.05) is 65.7 Å². The van der Waals surface area contributed by atoms with Crippen molar-refractivity contribution >= 4 is 29.9 Å². The van der Waals surface area contributed by atoms with Crippen LogP contribution in [0.15, 0.2) is 27.8 Å². The Morgan fingerprint density at radius 3 is 2.72 bits per heavy atom. The van der Waals surface area contributed by atoms with E-state index in [0.29, 0.717) is 12.5 Å². The first-order valence-electron chi connectivity index (χ1n) is 10.7. The van der Waals surface area contributed by atoms with Gasteiger partial charge >= 0.3 is 0 Å². The van der Waals surface area contributed by atoms with E-state index < -0.39 is 0 Å². The molecule has 1 aromatic rings. The highest BCUT2D eigenvalue weighted by Crippen LogP contribution is 2.00. The highest BCUT2D eigenvalue weighted by Gasteiger charge is 2.09. The summed E-state index contributed by atoms with van der Waals surface area (Å²) < 4.78 is 16.5. The first-order valence-corrected chi connectivity index (χ1v) is 10.7. The van der Waals surface area contributed by atoms with Crippen molar-refractivity contribution in [3.63, 3.8) is 0 Å². The molecule has 0 saturated carbocycles. The maximum atomic E-state index is 5.68. The van der Waals surface area contributed by atoms with Crippen LogP contribution in [0.25, 0.3) is 0 Å². The molecule has 0 amide bonds. The maximum Gasteiger partial charge on any atom is 0.191 e. The first-order chi connectivity index (χ1) is 13.7. The van der Waals surface area contributed by atoms with E-state index in [1.165, 1.54) is 0 Å². The third-order valence-corrected chi connectivity index (χ3v) is 4.63. The molecule has 1 aliphatic heterocycles. The second-order valence-corrected chi connectivity index (χ2v) is 7.52. The molecule has 0 radical (unpaired) electrons. The molecule has 1 saturated heterocycles. The van der Waals surface area contributed by atoms with E-state index in [1.54, 1.807) is 6.26 Å². The minimum absolute atomic E-state index is 0. The number of halogens is 1. The predicted molar refractivity (Wildman–Crippen MR) is 128 cm³/mol. The lowest BCUT2D eigenvalue weighted by atomic mass is 10.1. The summed E-state index contributed by atoms with van der Waals surface area (Å²) in [4.78, 5) is 7.17. The molecule has 0 aromatic carbocycles. The molecule has 0 aliphatic carbocycles. The van der Waals surface area contributed by atoms with E-state index in [0.717, 1.165) is 90.1 Å². The van der Waals surface area contributed by atoms with Gasteiger partial charge in [0.1, 0.15) is 5.76 Å². The smallest absolute Gasteiger partial charge is 0.191 e. The van der Waals surface area contributed by atoms with Crippen molar-refractivity contribution < 1.29 is 13.9 Å². The Hall–Kier alpha value is -0.840. The van der Waals surface area contributed by atoms with E-state index in [-0.39, 0.29) is 24.0 Å². The topological polar surface area (TPSA) is 71.3 Å². The summed E-state index contributed by atoms with van der Waals surface area (Å²) >= 11 is 0. The monoisotopic (exact) mass is 522 g/mol. The van der Waals surface area contributed by atoms with Gasteiger partial charge in [-0.25, -0.2) is 0 Å². The molecular formula is C21H39IN4O3. The Bertz CT molecular complexity index is 520. The Morgan fingerprint density at radius 2 is 2.00 bits per heavy atom. The normalized spacial score (nSPS) is 15.3. The first kappa shape index (κ1) is 26.2. The SMILES string of the molecule is CC(C)CCOCCNC(=NCCCN1CCOCC1)NCCc1ccco1.I. The number of nitrogens with zero attached hydrogens (tertiary/aromatic N) is 2. The van der Waals surface area contributed by atoms with Crippen molar-refractivity contribution in [3.8, 4) is 0 Å². The summed E-state index contributed by atoms with van der Waals surface area (Å²) in [5.41, 5.74) is 0. The van der Waals surface area contributed by atoms with Crippen LogP contribution < -0.4 is 10.6 Å². The summed E-state index contributed by atoms with van der Waals surface area (Å²) in [5.74, 6) is 2.51. The highest BCUT2D eigenvalue weighted by atomic mass is 127. The minimum Gasteiger partial charge on any atom is -0.469 e. The number of guanidine groups is 1. The third-order valence-electron chi connectivity index (χ3n) is 4.63. The van der Waals surface area contributed by atoms with Gasteiger partial charge in [0.25, 0.3) is 0 Å². The Morgan fingerprint density at radius 1 is 1.21 bits per heavy atom. The molecule has 7 nitrogen and oxygen atoms in total. The van der Waals surface area contributed by atoms with Gasteiger partial charge in [-0.15, -0.1) is 24.0 Å². The van der Waals surface area contributed by atoms with Crippen LogP contribution in [0.3, 0.4) is 0 Å². The number of hydrogen-bond acceptors (Lipinski definition) is 5. The molecule has 0 spiro atoms. The second-order valence-electron chi connectivity index (χ2n) is 7.52. The van der Waals surface area contributed by atoms with E-state index in [4.69, 9.17) is 18.9 Å². The predicted octanol–water partition coefficient (Wildman–Crippen LogP) is 2.76. The Balaban J connectivity index is 0.00000420. The van der Waals surface area contributed by atoms with Gasteiger partial charge in [0, 0.05) is 52.3 Å². The van der Waals surface area contributed by atoms with Crippen molar-refractivity contribution in [1.29, 1.82) is 0 Å².